The van der Waals surface area contributed by atoms with Crippen LogP contribution in [0.5, 0.6) is 5.75 Å². The summed E-state index contributed by atoms with van der Waals surface area (Å²) in [7, 11) is 0. The molecule has 0 aliphatic carbocycles. The largest absolute Gasteiger partial charge is 0.489 e. The van der Waals surface area contributed by atoms with Crippen LogP contribution in [0.25, 0.3) is 0 Å². The van der Waals surface area contributed by atoms with E-state index in [1.54, 1.807) is 0 Å². The highest BCUT2D eigenvalue weighted by molar-refractivity contribution is 5.85. The van der Waals surface area contributed by atoms with E-state index in [9.17, 15) is 0 Å². The van der Waals surface area contributed by atoms with Crippen LogP contribution in [0.1, 0.15) is 23.6 Å². The molecule has 2 nitrogen and oxygen atoms in total. The van der Waals surface area contributed by atoms with Crippen molar-refractivity contribution in [2.24, 2.45) is 0 Å². The summed E-state index contributed by atoms with van der Waals surface area (Å²) >= 11 is 0. The number of nitrogens with one attached hydrogen (secondary N) is 1. The van der Waals surface area contributed by atoms with Crippen molar-refractivity contribution in [1.29, 1.82) is 0 Å². The smallest absolute Gasteiger partial charge is 0.124 e. The van der Waals surface area contributed by atoms with E-state index in [4.69, 9.17) is 4.74 Å². The maximum Gasteiger partial charge on any atom is 0.124 e. The molecule has 1 N–H and O–H groups in total. The molecule has 1 saturated heterocycles. The van der Waals surface area contributed by atoms with E-state index in [0.717, 1.165) is 12.3 Å². The van der Waals surface area contributed by atoms with Gasteiger partial charge >= 0.3 is 0 Å². The molecule has 19 heavy (non-hydrogen) atoms. The first-order chi connectivity index (χ1) is 8.93. The lowest BCUT2D eigenvalue weighted by atomic mass is 9.97. The molecule has 1 fully saturated rings. The highest BCUT2D eigenvalue weighted by atomic mass is 35.5. The molecule has 0 bridgehead atoms. The number of ether oxygens (including phenoxy) is 1. The summed E-state index contributed by atoms with van der Waals surface area (Å²) in [5.74, 6) is 0.999. The van der Waals surface area contributed by atoms with Gasteiger partial charge in [0.05, 0.1) is 0 Å². The van der Waals surface area contributed by atoms with Crippen LogP contribution in [-0.2, 0) is 6.61 Å². The normalized spacial score (nSPS) is 17.2. The number of para-hydroxylation sites is 1. The molecule has 0 amide bonds. The maximum atomic E-state index is 5.94. The van der Waals surface area contributed by atoms with Crippen molar-refractivity contribution in [2.45, 2.75) is 19.1 Å². The Balaban J connectivity index is 0.00000133. The number of hydrogen-bond acceptors (Lipinski definition) is 2. The van der Waals surface area contributed by atoms with Crippen LogP contribution >= 0.6 is 12.4 Å². The fourth-order valence-electron chi connectivity index (χ4n) is 2.19. The zero-order chi connectivity index (χ0) is 12.2. The first kappa shape index (κ1) is 13.9. The third-order valence-corrected chi connectivity index (χ3v) is 3.36. The molecular weight excluding hydrogens is 258 g/mol. The van der Waals surface area contributed by atoms with Gasteiger partial charge < -0.3 is 10.1 Å². The van der Waals surface area contributed by atoms with Gasteiger partial charge in [0, 0.05) is 11.6 Å². The van der Waals surface area contributed by atoms with E-state index < -0.39 is 0 Å². The Morgan fingerprint density at radius 3 is 2.37 bits per heavy atom. The first-order valence-corrected chi connectivity index (χ1v) is 6.42. The van der Waals surface area contributed by atoms with Crippen molar-refractivity contribution in [2.75, 3.05) is 6.54 Å². The van der Waals surface area contributed by atoms with E-state index in [2.05, 4.69) is 35.6 Å². The molecule has 1 aliphatic rings. The van der Waals surface area contributed by atoms with Crippen LogP contribution in [0.2, 0.25) is 0 Å². The van der Waals surface area contributed by atoms with Gasteiger partial charge in [-0.15, -0.1) is 12.4 Å². The molecule has 1 heterocycles. The van der Waals surface area contributed by atoms with Crippen molar-refractivity contribution in [3.8, 4) is 5.75 Å². The topological polar surface area (TPSA) is 21.3 Å². The molecular formula is C16H18ClNO. The molecule has 3 rings (SSSR count). The van der Waals surface area contributed by atoms with Crippen molar-refractivity contribution < 1.29 is 4.74 Å². The molecule has 0 unspecified atom stereocenters. The molecule has 0 aromatic heterocycles. The van der Waals surface area contributed by atoms with Gasteiger partial charge in [-0.25, -0.2) is 0 Å². The predicted molar refractivity (Wildman–Crippen MR) is 79.8 cm³/mol. The minimum atomic E-state index is 0. The van der Waals surface area contributed by atoms with E-state index >= 15 is 0 Å². The van der Waals surface area contributed by atoms with Gasteiger partial charge in [0.25, 0.3) is 0 Å². The number of hydrogen-bond donors (Lipinski definition) is 1. The van der Waals surface area contributed by atoms with Crippen LogP contribution in [0.4, 0.5) is 0 Å². The van der Waals surface area contributed by atoms with Gasteiger partial charge in [-0.2, -0.15) is 0 Å². The van der Waals surface area contributed by atoms with E-state index in [0.29, 0.717) is 12.6 Å². The van der Waals surface area contributed by atoms with Gasteiger partial charge in [0.2, 0.25) is 0 Å². The van der Waals surface area contributed by atoms with Crippen molar-refractivity contribution in [3.05, 3.63) is 65.7 Å². The van der Waals surface area contributed by atoms with Gasteiger partial charge in [-0.3, -0.25) is 0 Å². The Bertz CT molecular complexity index is 511. The lowest BCUT2D eigenvalue weighted by molar-refractivity contribution is 0.289. The van der Waals surface area contributed by atoms with Crippen molar-refractivity contribution in [1.82, 2.24) is 5.32 Å². The average Bonchev–Trinajstić information content (AvgIpc) is 2.37. The zero-order valence-corrected chi connectivity index (χ0v) is 11.5. The Kier molecular flexibility index (Phi) is 4.83. The molecule has 100 valence electrons. The Morgan fingerprint density at radius 2 is 1.68 bits per heavy atom. The summed E-state index contributed by atoms with van der Waals surface area (Å²) in [5, 5.41) is 3.42. The lowest BCUT2D eigenvalue weighted by Crippen LogP contribution is -2.35. The quantitative estimate of drug-likeness (QED) is 0.918. The summed E-state index contributed by atoms with van der Waals surface area (Å²) in [6.45, 7) is 1.74. The third kappa shape index (κ3) is 3.28. The molecule has 2 aromatic rings. The maximum absolute atomic E-state index is 5.94. The second-order valence-electron chi connectivity index (χ2n) is 4.61. The summed E-state index contributed by atoms with van der Waals surface area (Å²) in [6.07, 6.45) is 1.20. The van der Waals surface area contributed by atoms with Crippen LogP contribution < -0.4 is 10.1 Å². The van der Waals surface area contributed by atoms with E-state index in [1.807, 2.05) is 24.3 Å². The van der Waals surface area contributed by atoms with Gasteiger partial charge in [0.15, 0.2) is 0 Å². The minimum absolute atomic E-state index is 0. The summed E-state index contributed by atoms with van der Waals surface area (Å²) in [4.78, 5) is 0. The van der Waals surface area contributed by atoms with Crippen molar-refractivity contribution in [3.63, 3.8) is 0 Å². The zero-order valence-electron chi connectivity index (χ0n) is 10.7. The molecule has 3 heteroatoms. The van der Waals surface area contributed by atoms with Crippen LogP contribution in [-0.4, -0.2) is 6.54 Å². The van der Waals surface area contributed by atoms with Crippen molar-refractivity contribution >= 4 is 12.4 Å². The van der Waals surface area contributed by atoms with Gasteiger partial charge in [-0.1, -0.05) is 48.5 Å². The third-order valence-electron chi connectivity index (χ3n) is 3.36. The Labute approximate surface area is 120 Å². The summed E-state index contributed by atoms with van der Waals surface area (Å²) in [5.41, 5.74) is 2.48. The molecule has 0 radical (unpaired) electrons. The Hall–Kier alpha value is -1.51. The molecule has 1 aliphatic heterocycles. The van der Waals surface area contributed by atoms with Crippen LogP contribution in [0.15, 0.2) is 54.6 Å². The van der Waals surface area contributed by atoms with E-state index in [1.165, 1.54) is 17.5 Å². The second kappa shape index (κ2) is 6.60. The molecule has 1 atom stereocenters. The summed E-state index contributed by atoms with van der Waals surface area (Å²) < 4.78 is 5.94. The SMILES string of the molecule is Cl.c1ccc(COc2ccccc2[C@@H]2CCN2)cc1. The highest BCUT2D eigenvalue weighted by Gasteiger charge is 2.21. The Morgan fingerprint density at radius 1 is 1.00 bits per heavy atom. The molecule has 0 spiro atoms. The highest BCUT2D eigenvalue weighted by Crippen LogP contribution is 2.31. The number of halogens is 1. The lowest BCUT2D eigenvalue weighted by Gasteiger charge is -2.29. The predicted octanol–water partition coefficient (Wildman–Crippen LogP) is 3.72. The van der Waals surface area contributed by atoms with Gasteiger partial charge in [0.1, 0.15) is 12.4 Å². The number of rotatable bonds is 4. The first-order valence-electron chi connectivity index (χ1n) is 6.42. The molecule has 2 aromatic carbocycles. The number of benzene rings is 2. The fraction of sp³-hybridized carbons (Fsp3) is 0.250. The fourth-order valence-corrected chi connectivity index (χ4v) is 2.19. The molecule has 0 saturated carbocycles. The van der Waals surface area contributed by atoms with E-state index in [-0.39, 0.29) is 12.4 Å². The summed E-state index contributed by atoms with van der Waals surface area (Å²) in [6, 6.07) is 19.1. The monoisotopic (exact) mass is 275 g/mol. The average molecular weight is 276 g/mol. The van der Waals surface area contributed by atoms with Crippen LogP contribution in [0.3, 0.4) is 0 Å². The minimum Gasteiger partial charge on any atom is -0.489 e. The standard InChI is InChI=1S/C16H17NO.ClH/c1-2-6-13(7-3-1)12-18-16-9-5-4-8-14(16)15-10-11-17-15;/h1-9,15,17H,10-12H2;1H/t15-;/m0./s1. The second-order valence-corrected chi connectivity index (χ2v) is 4.61. The van der Waals surface area contributed by atoms with Crippen LogP contribution in [0, 0.1) is 0 Å². The van der Waals surface area contributed by atoms with Gasteiger partial charge in [-0.05, 0) is 24.6 Å².